The van der Waals surface area contributed by atoms with Crippen molar-refractivity contribution in [2.75, 3.05) is 0 Å². The van der Waals surface area contributed by atoms with Crippen molar-refractivity contribution in [3.05, 3.63) is 64.4 Å². The fourth-order valence-corrected chi connectivity index (χ4v) is 1.60. The lowest BCUT2D eigenvalue weighted by Gasteiger charge is -2.04. The van der Waals surface area contributed by atoms with Gasteiger partial charge in [-0.25, -0.2) is 8.78 Å². The summed E-state index contributed by atoms with van der Waals surface area (Å²) >= 11 is 5.63. The molecule has 0 saturated carbocycles. The van der Waals surface area contributed by atoms with Crippen LogP contribution in [0.4, 0.5) is 8.78 Å². The van der Waals surface area contributed by atoms with E-state index >= 15 is 0 Å². The molecule has 0 fully saturated rings. The van der Waals surface area contributed by atoms with E-state index in [1.54, 1.807) is 0 Å². The number of pyridine rings is 1. The highest BCUT2D eigenvalue weighted by molar-refractivity contribution is 6.30. The van der Waals surface area contributed by atoms with Crippen LogP contribution >= 0.6 is 11.6 Å². The van der Waals surface area contributed by atoms with Crippen molar-refractivity contribution in [1.29, 1.82) is 0 Å². The smallest absolute Gasteiger partial charge is 0.185 e. The largest absolute Gasteiger partial charge is 0.292 e. The zero-order valence-electron chi connectivity index (χ0n) is 9.16. The molecule has 1 heterocycles. The number of nitrogens with zero attached hydrogens (tertiary/aromatic N) is 1. The van der Waals surface area contributed by atoms with E-state index in [9.17, 15) is 13.6 Å². The van der Waals surface area contributed by atoms with Crippen LogP contribution in [0.5, 0.6) is 0 Å². The number of aromatic nitrogens is 1. The Balaban J connectivity index is 2.24. The summed E-state index contributed by atoms with van der Waals surface area (Å²) in [5.74, 6) is -1.94. The van der Waals surface area contributed by atoms with Crippen LogP contribution in [0.1, 0.15) is 16.1 Å². The Bertz CT molecular complexity index is 564. The number of hydrogen-bond donors (Lipinski definition) is 0. The second-order valence-corrected chi connectivity index (χ2v) is 4.10. The number of ketones is 1. The van der Waals surface area contributed by atoms with Crippen LogP contribution < -0.4 is 0 Å². The summed E-state index contributed by atoms with van der Waals surface area (Å²) in [6.45, 7) is 0. The standard InChI is InChI=1S/C13H8ClF2NO/c14-8-4-5-12(17-7-8)13(18)6-9-10(15)2-1-3-11(9)16/h1-5,7H,6H2. The van der Waals surface area contributed by atoms with Crippen LogP contribution in [0.2, 0.25) is 5.02 Å². The zero-order chi connectivity index (χ0) is 13.1. The van der Waals surface area contributed by atoms with Gasteiger partial charge in [0.25, 0.3) is 0 Å². The molecule has 0 amide bonds. The Kier molecular flexibility index (Phi) is 3.67. The Morgan fingerprint density at radius 3 is 2.39 bits per heavy atom. The van der Waals surface area contributed by atoms with Gasteiger partial charge in [-0.2, -0.15) is 0 Å². The number of benzene rings is 1. The number of carbonyl (C=O) groups is 1. The van der Waals surface area contributed by atoms with Gasteiger partial charge in [-0.3, -0.25) is 9.78 Å². The van der Waals surface area contributed by atoms with E-state index in [0.717, 1.165) is 12.1 Å². The lowest BCUT2D eigenvalue weighted by atomic mass is 10.1. The van der Waals surface area contributed by atoms with E-state index in [2.05, 4.69) is 4.98 Å². The van der Waals surface area contributed by atoms with Crippen LogP contribution in [-0.2, 0) is 6.42 Å². The average Bonchev–Trinajstić information content (AvgIpc) is 2.34. The number of Topliss-reactive ketones (excluding diaryl/α,β-unsaturated/α-hetero) is 1. The maximum absolute atomic E-state index is 13.4. The van der Waals surface area contributed by atoms with E-state index in [4.69, 9.17) is 11.6 Å². The first-order valence-electron chi connectivity index (χ1n) is 5.15. The minimum Gasteiger partial charge on any atom is -0.292 e. The van der Waals surface area contributed by atoms with Crippen molar-refractivity contribution >= 4 is 17.4 Å². The predicted octanol–water partition coefficient (Wildman–Crippen LogP) is 3.44. The second kappa shape index (κ2) is 5.23. The number of carbonyl (C=O) groups excluding carboxylic acids is 1. The second-order valence-electron chi connectivity index (χ2n) is 3.66. The highest BCUT2D eigenvalue weighted by atomic mass is 35.5. The first-order valence-corrected chi connectivity index (χ1v) is 5.53. The van der Waals surface area contributed by atoms with Crippen LogP contribution in [0.25, 0.3) is 0 Å². The van der Waals surface area contributed by atoms with Gasteiger partial charge in [0.2, 0.25) is 0 Å². The molecule has 0 aliphatic heterocycles. The van der Waals surface area contributed by atoms with Crippen molar-refractivity contribution < 1.29 is 13.6 Å². The fraction of sp³-hybridized carbons (Fsp3) is 0.0769. The van der Waals surface area contributed by atoms with Crippen LogP contribution in [0, 0.1) is 11.6 Å². The number of rotatable bonds is 3. The molecule has 18 heavy (non-hydrogen) atoms. The third kappa shape index (κ3) is 2.71. The molecule has 2 aromatic rings. The molecular weight excluding hydrogens is 260 g/mol. The van der Waals surface area contributed by atoms with Gasteiger partial charge in [0.15, 0.2) is 5.78 Å². The Hall–Kier alpha value is -1.81. The van der Waals surface area contributed by atoms with Crippen molar-refractivity contribution in [1.82, 2.24) is 4.98 Å². The summed E-state index contributed by atoms with van der Waals surface area (Å²) in [6, 6.07) is 6.39. The normalized spacial score (nSPS) is 10.4. The molecule has 0 aliphatic carbocycles. The monoisotopic (exact) mass is 267 g/mol. The molecule has 0 bridgehead atoms. The maximum Gasteiger partial charge on any atom is 0.185 e. The molecule has 0 N–H and O–H groups in total. The van der Waals surface area contributed by atoms with E-state index in [1.165, 1.54) is 24.4 Å². The molecule has 0 spiro atoms. The van der Waals surface area contributed by atoms with E-state index in [-0.39, 0.29) is 17.7 Å². The molecule has 0 radical (unpaired) electrons. The first kappa shape index (κ1) is 12.6. The van der Waals surface area contributed by atoms with Crippen molar-refractivity contribution in [3.63, 3.8) is 0 Å². The van der Waals surface area contributed by atoms with Gasteiger partial charge in [-0.05, 0) is 24.3 Å². The summed E-state index contributed by atoms with van der Waals surface area (Å²) in [5.41, 5.74) is -0.124. The van der Waals surface area contributed by atoms with Gasteiger partial charge in [0.1, 0.15) is 17.3 Å². The number of halogens is 3. The van der Waals surface area contributed by atoms with Gasteiger partial charge in [0, 0.05) is 18.2 Å². The fourth-order valence-electron chi connectivity index (χ4n) is 1.49. The summed E-state index contributed by atoms with van der Waals surface area (Å²) in [7, 11) is 0. The lowest BCUT2D eigenvalue weighted by molar-refractivity contribution is 0.0986. The third-order valence-corrected chi connectivity index (χ3v) is 2.64. The summed E-state index contributed by atoms with van der Waals surface area (Å²) in [6.07, 6.45) is 0.944. The van der Waals surface area contributed by atoms with E-state index in [1.807, 2.05) is 0 Å². The SMILES string of the molecule is O=C(Cc1c(F)cccc1F)c1ccc(Cl)cn1. The van der Waals surface area contributed by atoms with Gasteiger partial charge in [0.05, 0.1) is 5.02 Å². The maximum atomic E-state index is 13.4. The summed E-state index contributed by atoms with van der Waals surface area (Å²) < 4.78 is 26.7. The molecule has 0 unspecified atom stereocenters. The molecule has 2 nitrogen and oxygen atoms in total. The van der Waals surface area contributed by atoms with Crippen LogP contribution in [0.3, 0.4) is 0 Å². The molecule has 1 aromatic carbocycles. The molecule has 0 aliphatic rings. The summed E-state index contributed by atoms with van der Waals surface area (Å²) in [4.78, 5) is 15.6. The Morgan fingerprint density at radius 1 is 1.17 bits per heavy atom. The molecular formula is C13H8ClF2NO. The minimum absolute atomic E-state index is 0.127. The molecule has 2 rings (SSSR count). The van der Waals surface area contributed by atoms with Gasteiger partial charge in [-0.15, -0.1) is 0 Å². The minimum atomic E-state index is -0.739. The predicted molar refractivity (Wildman–Crippen MR) is 63.6 cm³/mol. The van der Waals surface area contributed by atoms with Gasteiger partial charge >= 0.3 is 0 Å². The molecule has 0 atom stereocenters. The highest BCUT2D eigenvalue weighted by Gasteiger charge is 2.15. The molecule has 92 valence electrons. The van der Waals surface area contributed by atoms with E-state index < -0.39 is 17.4 Å². The van der Waals surface area contributed by atoms with Gasteiger partial charge in [-0.1, -0.05) is 17.7 Å². The zero-order valence-corrected chi connectivity index (χ0v) is 9.92. The topological polar surface area (TPSA) is 30.0 Å². The quantitative estimate of drug-likeness (QED) is 0.798. The Morgan fingerprint density at radius 2 is 1.83 bits per heavy atom. The van der Waals surface area contributed by atoms with E-state index in [0.29, 0.717) is 5.02 Å². The number of hydrogen-bond acceptors (Lipinski definition) is 2. The highest BCUT2D eigenvalue weighted by Crippen LogP contribution is 2.15. The molecule has 0 saturated heterocycles. The van der Waals surface area contributed by atoms with Crippen LogP contribution in [-0.4, -0.2) is 10.8 Å². The lowest BCUT2D eigenvalue weighted by Crippen LogP contribution is -2.08. The molecule has 1 aromatic heterocycles. The third-order valence-electron chi connectivity index (χ3n) is 2.41. The van der Waals surface area contributed by atoms with Crippen molar-refractivity contribution in [2.24, 2.45) is 0 Å². The molecule has 5 heteroatoms. The summed E-state index contributed by atoms with van der Waals surface area (Å²) in [5, 5.41) is 0.392. The average molecular weight is 268 g/mol. The van der Waals surface area contributed by atoms with Crippen molar-refractivity contribution in [2.45, 2.75) is 6.42 Å². The van der Waals surface area contributed by atoms with Crippen molar-refractivity contribution in [3.8, 4) is 0 Å². The first-order chi connectivity index (χ1) is 8.58. The van der Waals surface area contributed by atoms with Crippen LogP contribution in [0.15, 0.2) is 36.5 Å². The Labute approximate surface area is 107 Å². The van der Waals surface area contributed by atoms with Gasteiger partial charge < -0.3 is 0 Å².